The van der Waals surface area contributed by atoms with E-state index in [0.717, 1.165) is 12.3 Å². The topological polar surface area (TPSA) is 0 Å². The summed E-state index contributed by atoms with van der Waals surface area (Å²) in [7, 11) is 2.41. The van der Waals surface area contributed by atoms with Crippen molar-refractivity contribution in [2.24, 2.45) is 0 Å². The molecule has 0 saturated carbocycles. The molecule has 0 radical (unpaired) electrons. The summed E-state index contributed by atoms with van der Waals surface area (Å²) in [5.41, 5.74) is 0. The van der Waals surface area contributed by atoms with Gasteiger partial charge in [-0.2, -0.15) is 0 Å². The van der Waals surface area contributed by atoms with Crippen molar-refractivity contribution >= 4 is 11.6 Å². The number of hydrogen-bond donors (Lipinski definition) is 0. The SMILES string of the molecule is CCCCC[N+](C)(CCCCl)CCCCC.[I-]. The Balaban J connectivity index is 0. The van der Waals surface area contributed by atoms with Crippen molar-refractivity contribution in [2.75, 3.05) is 32.6 Å². The molecule has 1 nitrogen and oxygen atoms in total. The summed E-state index contributed by atoms with van der Waals surface area (Å²) in [5.74, 6) is 0.815. The van der Waals surface area contributed by atoms with E-state index in [2.05, 4.69) is 20.9 Å². The summed E-state index contributed by atoms with van der Waals surface area (Å²) in [6.45, 7) is 8.50. The molecule has 0 atom stereocenters. The van der Waals surface area contributed by atoms with Crippen LogP contribution in [0.15, 0.2) is 0 Å². The molecule has 0 unspecified atom stereocenters. The van der Waals surface area contributed by atoms with Crippen molar-refractivity contribution in [1.29, 1.82) is 0 Å². The maximum atomic E-state index is 5.82. The van der Waals surface area contributed by atoms with Crippen molar-refractivity contribution in [3.05, 3.63) is 0 Å². The van der Waals surface area contributed by atoms with Gasteiger partial charge in [-0.25, -0.2) is 0 Å². The van der Waals surface area contributed by atoms with Crippen molar-refractivity contribution in [3.8, 4) is 0 Å². The van der Waals surface area contributed by atoms with Crippen molar-refractivity contribution < 1.29 is 28.5 Å². The van der Waals surface area contributed by atoms with Crippen LogP contribution in [0.4, 0.5) is 0 Å². The quantitative estimate of drug-likeness (QED) is 0.222. The average Bonchev–Trinajstić information content (AvgIpc) is 2.27. The summed E-state index contributed by atoms with van der Waals surface area (Å²) in [6, 6.07) is 0. The van der Waals surface area contributed by atoms with E-state index >= 15 is 0 Å². The number of alkyl halides is 1. The molecule has 0 spiro atoms. The van der Waals surface area contributed by atoms with Crippen LogP contribution in [-0.4, -0.2) is 37.0 Å². The van der Waals surface area contributed by atoms with Crippen molar-refractivity contribution in [1.82, 2.24) is 0 Å². The Kier molecular flexibility index (Phi) is 16.0. The fraction of sp³-hybridized carbons (Fsp3) is 1.00. The Morgan fingerprint density at radius 1 is 0.765 bits per heavy atom. The second-order valence-electron chi connectivity index (χ2n) is 5.25. The predicted molar refractivity (Wildman–Crippen MR) is 75.2 cm³/mol. The number of unbranched alkanes of at least 4 members (excludes halogenated alkanes) is 4. The standard InChI is InChI=1S/C14H31ClN.HI/c1-4-6-8-12-16(3,14-10-11-15)13-9-7-5-2;/h4-14H2,1-3H3;1H/q+1;/p-1. The van der Waals surface area contributed by atoms with E-state index in [0.29, 0.717) is 0 Å². The lowest BCUT2D eigenvalue weighted by atomic mass is 10.1. The van der Waals surface area contributed by atoms with Gasteiger partial charge in [0.1, 0.15) is 0 Å². The number of nitrogens with zero attached hydrogens (tertiary/aromatic N) is 1. The molecule has 0 heterocycles. The lowest BCUT2D eigenvalue weighted by Gasteiger charge is -2.35. The molecule has 0 aromatic carbocycles. The lowest BCUT2D eigenvalue weighted by Crippen LogP contribution is -3.00. The first-order valence-electron chi connectivity index (χ1n) is 7.08. The van der Waals surface area contributed by atoms with Crippen LogP contribution >= 0.6 is 11.6 Å². The van der Waals surface area contributed by atoms with Gasteiger partial charge in [0.05, 0.1) is 26.7 Å². The van der Waals surface area contributed by atoms with Crippen molar-refractivity contribution in [3.63, 3.8) is 0 Å². The first-order valence-corrected chi connectivity index (χ1v) is 7.61. The smallest absolute Gasteiger partial charge is 0.0796 e. The minimum absolute atomic E-state index is 0. The zero-order valence-corrected chi connectivity index (χ0v) is 14.9. The Labute approximate surface area is 131 Å². The Bertz CT molecular complexity index is 143. The molecular weight excluding hydrogens is 345 g/mol. The van der Waals surface area contributed by atoms with Crippen LogP contribution in [0.5, 0.6) is 0 Å². The molecule has 0 bridgehead atoms. The third-order valence-electron chi connectivity index (χ3n) is 3.43. The monoisotopic (exact) mass is 375 g/mol. The summed E-state index contributed by atoms with van der Waals surface area (Å²) in [5, 5.41) is 0. The fourth-order valence-electron chi connectivity index (χ4n) is 2.26. The summed E-state index contributed by atoms with van der Waals surface area (Å²) in [6.07, 6.45) is 9.32. The largest absolute Gasteiger partial charge is 1.00 e. The maximum absolute atomic E-state index is 5.82. The van der Waals surface area contributed by atoms with Crippen molar-refractivity contribution in [2.45, 2.75) is 58.8 Å². The molecule has 0 aliphatic carbocycles. The molecule has 17 heavy (non-hydrogen) atoms. The van der Waals surface area contributed by atoms with Crippen LogP contribution in [0.2, 0.25) is 0 Å². The average molecular weight is 376 g/mol. The van der Waals surface area contributed by atoms with Gasteiger partial charge >= 0.3 is 0 Å². The molecule has 3 heteroatoms. The molecule has 0 amide bonds. The predicted octanol–water partition coefficient (Wildman–Crippen LogP) is 1.45. The minimum atomic E-state index is 0. The second-order valence-corrected chi connectivity index (χ2v) is 5.63. The van der Waals surface area contributed by atoms with Crippen LogP contribution in [0.25, 0.3) is 0 Å². The number of halogens is 2. The van der Waals surface area contributed by atoms with E-state index in [1.165, 1.54) is 62.6 Å². The van der Waals surface area contributed by atoms with Gasteiger partial charge in [-0.3, -0.25) is 0 Å². The molecule has 0 aromatic heterocycles. The van der Waals surface area contributed by atoms with E-state index in [-0.39, 0.29) is 24.0 Å². The van der Waals surface area contributed by atoms with Crippen LogP contribution in [0, 0.1) is 0 Å². The molecule has 106 valence electrons. The highest BCUT2D eigenvalue weighted by Crippen LogP contribution is 2.12. The summed E-state index contributed by atoms with van der Waals surface area (Å²) in [4.78, 5) is 0. The molecule has 0 saturated heterocycles. The normalized spacial score (nSPS) is 11.3. The van der Waals surface area contributed by atoms with E-state index in [4.69, 9.17) is 11.6 Å². The van der Waals surface area contributed by atoms with Gasteiger partial charge in [-0.05, 0) is 25.7 Å². The third-order valence-corrected chi connectivity index (χ3v) is 3.70. The van der Waals surface area contributed by atoms with Gasteiger partial charge in [0.25, 0.3) is 0 Å². The number of rotatable bonds is 11. The minimum Gasteiger partial charge on any atom is -1.00 e. The molecular formula is C14H31ClIN. The third kappa shape index (κ3) is 11.8. The van der Waals surface area contributed by atoms with Gasteiger partial charge in [-0.1, -0.05) is 26.7 Å². The Morgan fingerprint density at radius 3 is 1.53 bits per heavy atom. The maximum Gasteiger partial charge on any atom is 0.0796 e. The summed E-state index contributed by atoms with van der Waals surface area (Å²) < 4.78 is 1.24. The molecule has 0 fully saturated rings. The van der Waals surface area contributed by atoms with E-state index in [9.17, 15) is 0 Å². The highest BCUT2D eigenvalue weighted by molar-refractivity contribution is 6.17. The van der Waals surface area contributed by atoms with Crippen LogP contribution in [0.1, 0.15) is 58.8 Å². The zero-order valence-electron chi connectivity index (χ0n) is 12.0. The summed E-state index contributed by atoms with van der Waals surface area (Å²) >= 11 is 5.82. The van der Waals surface area contributed by atoms with Crippen LogP contribution in [0.3, 0.4) is 0 Å². The molecule has 0 N–H and O–H groups in total. The van der Waals surface area contributed by atoms with E-state index in [1.54, 1.807) is 0 Å². The first kappa shape index (κ1) is 20.3. The molecule has 0 aliphatic rings. The van der Waals surface area contributed by atoms with Gasteiger partial charge in [-0.15, -0.1) is 11.6 Å². The van der Waals surface area contributed by atoms with Crippen LogP contribution in [-0.2, 0) is 0 Å². The number of hydrogen-bond acceptors (Lipinski definition) is 0. The first-order chi connectivity index (χ1) is 7.68. The Hall–Kier alpha value is 0.980. The van der Waals surface area contributed by atoms with Crippen LogP contribution < -0.4 is 24.0 Å². The van der Waals surface area contributed by atoms with Gasteiger partial charge < -0.3 is 28.5 Å². The molecule has 0 aromatic rings. The second kappa shape index (κ2) is 13.4. The van der Waals surface area contributed by atoms with E-state index < -0.39 is 0 Å². The Morgan fingerprint density at radius 2 is 1.18 bits per heavy atom. The molecule has 0 rings (SSSR count). The lowest BCUT2D eigenvalue weighted by molar-refractivity contribution is -0.910. The fourth-order valence-corrected chi connectivity index (χ4v) is 2.38. The van der Waals surface area contributed by atoms with E-state index in [1.807, 2.05) is 0 Å². The van der Waals surface area contributed by atoms with Gasteiger partial charge in [0.15, 0.2) is 0 Å². The van der Waals surface area contributed by atoms with Gasteiger partial charge in [0, 0.05) is 12.3 Å². The van der Waals surface area contributed by atoms with Gasteiger partial charge in [0.2, 0.25) is 0 Å². The zero-order chi connectivity index (χ0) is 12.3. The highest BCUT2D eigenvalue weighted by Gasteiger charge is 2.19. The molecule has 0 aliphatic heterocycles. The highest BCUT2D eigenvalue weighted by atomic mass is 127. The number of quaternary nitrogens is 1.